The Bertz CT molecular complexity index is 1130. The van der Waals surface area contributed by atoms with E-state index in [1.807, 2.05) is 35.7 Å². The third-order valence-corrected chi connectivity index (χ3v) is 6.21. The maximum absolute atomic E-state index is 12.7. The number of nitrogens with one attached hydrogen (secondary N) is 1. The Morgan fingerprint density at radius 1 is 0.972 bits per heavy atom. The molecule has 0 aliphatic carbocycles. The molecule has 1 amide bonds. The fourth-order valence-electron chi connectivity index (χ4n) is 3.71. The molecule has 0 bridgehead atoms. The van der Waals surface area contributed by atoms with E-state index >= 15 is 0 Å². The molecular formula is C25H33ClN4O5S. The molecule has 196 valence electrons. The lowest BCUT2D eigenvalue weighted by molar-refractivity contribution is -0.117. The molecule has 36 heavy (non-hydrogen) atoms. The van der Waals surface area contributed by atoms with Crippen molar-refractivity contribution in [1.82, 2.24) is 4.37 Å². The lowest BCUT2D eigenvalue weighted by atomic mass is 10.0. The number of anilines is 1. The number of nitrogens with two attached hydrogens (primary N) is 2. The van der Waals surface area contributed by atoms with Gasteiger partial charge in [-0.05, 0) is 60.7 Å². The molecule has 0 aliphatic heterocycles. The van der Waals surface area contributed by atoms with Crippen LogP contribution in [0.2, 0.25) is 0 Å². The first kappa shape index (κ1) is 29.2. The largest absolute Gasteiger partial charge is 0.495 e. The predicted octanol–water partition coefficient (Wildman–Crippen LogP) is 4.33. The van der Waals surface area contributed by atoms with Crippen LogP contribution >= 0.6 is 23.9 Å². The summed E-state index contributed by atoms with van der Waals surface area (Å²) in [5, 5.41) is 4.86. The molecule has 1 unspecified atom stereocenters. The van der Waals surface area contributed by atoms with Crippen molar-refractivity contribution in [2.24, 2.45) is 11.5 Å². The van der Waals surface area contributed by atoms with Gasteiger partial charge < -0.3 is 35.7 Å². The summed E-state index contributed by atoms with van der Waals surface area (Å²) in [7, 11) is 6.26. The minimum atomic E-state index is -0.632. The van der Waals surface area contributed by atoms with Crippen LogP contribution in [0.25, 0.3) is 22.4 Å². The maximum atomic E-state index is 12.7. The Labute approximate surface area is 221 Å². The van der Waals surface area contributed by atoms with Crippen LogP contribution in [-0.2, 0) is 4.79 Å². The van der Waals surface area contributed by atoms with E-state index < -0.39 is 6.04 Å². The maximum Gasteiger partial charge on any atom is 0.241 e. The highest BCUT2D eigenvalue weighted by Gasteiger charge is 2.20. The van der Waals surface area contributed by atoms with Gasteiger partial charge in [0, 0.05) is 16.5 Å². The van der Waals surface area contributed by atoms with E-state index in [2.05, 4.69) is 9.69 Å². The van der Waals surface area contributed by atoms with Crippen molar-refractivity contribution >= 4 is 35.5 Å². The van der Waals surface area contributed by atoms with E-state index in [-0.39, 0.29) is 18.3 Å². The van der Waals surface area contributed by atoms with Crippen molar-refractivity contribution in [2.45, 2.75) is 25.3 Å². The average molecular weight is 537 g/mol. The number of hydrogen-bond acceptors (Lipinski definition) is 9. The first-order valence-electron chi connectivity index (χ1n) is 11.2. The Balaban J connectivity index is 0.00000456. The zero-order chi connectivity index (χ0) is 25.4. The van der Waals surface area contributed by atoms with Gasteiger partial charge in [-0.1, -0.05) is 12.5 Å². The smallest absolute Gasteiger partial charge is 0.241 e. The highest BCUT2D eigenvalue weighted by Crippen LogP contribution is 2.44. The summed E-state index contributed by atoms with van der Waals surface area (Å²) in [6.45, 7) is 0.577. The van der Waals surface area contributed by atoms with E-state index in [4.69, 9.17) is 30.4 Å². The summed E-state index contributed by atoms with van der Waals surface area (Å²) in [6.07, 6.45) is 2.18. The second-order valence-corrected chi connectivity index (χ2v) is 8.42. The molecule has 9 nitrogen and oxygen atoms in total. The Kier molecular flexibility index (Phi) is 11.3. The Morgan fingerprint density at radius 3 is 2.22 bits per heavy atom. The van der Waals surface area contributed by atoms with Crippen molar-refractivity contribution in [2.75, 3.05) is 40.3 Å². The average Bonchev–Trinajstić information content (AvgIpc) is 3.37. The number of ether oxygens (including phenoxy) is 4. The molecule has 0 aliphatic rings. The van der Waals surface area contributed by atoms with Crippen molar-refractivity contribution < 1.29 is 23.7 Å². The number of carbonyl (C=O) groups excluding carboxylic acids is 1. The van der Waals surface area contributed by atoms with Gasteiger partial charge in [-0.2, -0.15) is 4.37 Å². The van der Waals surface area contributed by atoms with E-state index in [1.54, 1.807) is 28.4 Å². The molecule has 3 rings (SSSR count). The minimum Gasteiger partial charge on any atom is -0.495 e. The van der Waals surface area contributed by atoms with Gasteiger partial charge in [0.15, 0.2) is 11.5 Å². The van der Waals surface area contributed by atoms with E-state index in [0.717, 1.165) is 35.2 Å². The molecule has 11 heteroatoms. The topological polar surface area (TPSA) is 131 Å². The van der Waals surface area contributed by atoms with E-state index in [9.17, 15) is 4.79 Å². The molecule has 1 heterocycles. The first-order chi connectivity index (χ1) is 17.0. The fourth-order valence-corrected chi connectivity index (χ4v) is 4.42. The molecule has 1 atom stereocenters. The van der Waals surface area contributed by atoms with E-state index in [1.165, 1.54) is 11.5 Å². The predicted molar refractivity (Wildman–Crippen MR) is 146 cm³/mol. The molecule has 3 aromatic rings. The number of hydrogen-bond donors (Lipinski definition) is 3. The van der Waals surface area contributed by atoms with Crippen LogP contribution in [0.1, 0.15) is 19.3 Å². The van der Waals surface area contributed by atoms with Crippen LogP contribution in [0.5, 0.6) is 23.0 Å². The zero-order valence-electron chi connectivity index (χ0n) is 20.8. The molecule has 0 saturated carbocycles. The summed E-state index contributed by atoms with van der Waals surface area (Å²) in [4.78, 5) is 12.7. The fraction of sp³-hybridized carbons (Fsp3) is 0.360. The van der Waals surface area contributed by atoms with Crippen molar-refractivity contribution in [1.29, 1.82) is 0 Å². The normalized spacial score (nSPS) is 11.3. The number of halogens is 1. The standard InChI is InChI=1S/C25H32N4O5S.ClH/c1-31-20-9-8-15(11-19(20)28-25(30)18(27)7-5-6-10-26)17-14-35-29-23(17)16-12-21(32-2)24(34-4)22(13-16)33-3;/h8-9,11-14,18H,5-7,10,26-27H2,1-4H3,(H,28,30);1H. The Morgan fingerprint density at radius 2 is 1.64 bits per heavy atom. The number of amides is 1. The van der Waals surface area contributed by atoms with Gasteiger partial charge in [0.1, 0.15) is 5.75 Å². The summed E-state index contributed by atoms with van der Waals surface area (Å²) in [5.41, 5.74) is 15.4. The number of aromatic nitrogens is 1. The molecule has 5 N–H and O–H groups in total. The van der Waals surface area contributed by atoms with Crippen LogP contribution in [0.15, 0.2) is 35.7 Å². The SMILES string of the molecule is COc1ccc(-c2csnc2-c2cc(OC)c(OC)c(OC)c2)cc1NC(=O)C(N)CCCCN.Cl. The molecule has 0 fully saturated rings. The molecule has 1 aromatic heterocycles. The van der Waals surface area contributed by atoms with Crippen LogP contribution in [0.3, 0.4) is 0 Å². The highest BCUT2D eigenvalue weighted by atomic mass is 35.5. The first-order valence-corrected chi connectivity index (χ1v) is 12.0. The van der Waals surface area contributed by atoms with Gasteiger partial charge in [-0.25, -0.2) is 0 Å². The van der Waals surface area contributed by atoms with Gasteiger partial charge in [-0.3, -0.25) is 4.79 Å². The number of methoxy groups -OCH3 is 4. The van der Waals surface area contributed by atoms with Gasteiger partial charge >= 0.3 is 0 Å². The third-order valence-electron chi connectivity index (χ3n) is 5.58. The second-order valence-electron chi connectivity index (χ2n) is 7.79. The lowest BCUT2D eigenvalue weighted by Gasteiger charge is -2.16. The van der Waals surface area contributed by atoms with E-state index in [0.29, 0.717) is 41.7 Å². The lowest BCUT2D eigenvalue weighted by Crippen LogP contribution is -2.35. The van der Waals surface area contributed by atoms with Crippen molar-refractivity contribution in [3.05, 3.63) is 35.7 Å². The summed E-state index contributed by atoms with van der Waals surface area (Å²) in [6, 6.07) is 8.66. The number of rotatable bonds is 12. The van der Waals surface area contributed by atoms with Crippen LogP contribution < -0.4 is 35.7 Å². The monoisotopic (exact) mass is 536 g/mol. The second kappa shape index (κ2) is 13.9. The zero-order valence-corrected chi connectivity index (χ0v) is 22.5. The van der Waals surface area contributed by atoms with Gasteiger partial charge in [0.2, 0.25) is 11.7 Å². The quantitative estimate of drug-likeness (QED) is 0.291. The molecule has 0 saturated heterocycles. The van der Waals surface area contributed by atoms with Crippen molar-refractivity contribution in [3.8, 4) is 45.4 Å². The highest BCUT2D eigenvalue weighted by molar-refractivity contribution is 7.04. The number of benzene rings is 2. The van der Waals surface area contributed by atoms with Gasteiger partial charge in [0.25, 0.3) is 0 Å². The number of carbonyl (C=O) groups is 1. The Hall–Kier alpha value is -3.05. The van der Waals surface area contributed by atoms with Gasteiger partial charge in [0.05, 0.1) is 45.9 Å². The molecular weight excluding hydrogens is 504 g/mol. The summed E-state index contributed by atoms with van der Waals surface area (Å²) < 4.78 is 26.5. The van der Waals surface area contributed by atoms with Gasteiger partial charge in [-0.15, -0.1) is 12.4 Å². The van der Waals surface area contributed by atoms with Crippen LogP contribution in [0, 0.1) is 0 Å². The minimum absolute atomic E-state index is 0. The molecule has 2 aromatic carbocycles. The van der Waals surface area contributed by atoms with Crippen LogP contribution in [-0.4, -0.2) is 51.3 Å². The number of nitrogens with zero attached hydrogens (tertiary/aromatic N) is 1. The van der Waals surface area contributed by atoms with Crippen LogP contribution in [0.4, 0.5) is 5.69 Å². The number of unbranched alkanes of at least 4 members (excludes halogenated alkanes) is 1. The summed E-state index contributed by atoms with van der Waals surface area (Å²) >= 11 is 1.33. The molecule has 0 spiro atoms. The van der Waals surface area contributed by atoms with Crippen molar-refractivity contribution in [3.63, 3.8) is 0 Å². The summed E-state index contributed by atoms with van der Waals surface area (Å²) in [5.74, 6) is 1.84. The third kappa shape index (κ3) is 6.58. The molecule has 0 radical (unpaired) electrons.